The van der Waals surface area contributed by atoms with Crippen LogP contribution in [0.25, 0.3) is 0 Å². The van der Waals surface area contributed by atoms with Gasteiger partial charge in [-0.15, -0.1) is 0 Å². The van der Waals surface area contributed by atoms with E-state index in [0.717, 1.165) is 0 Å². The second-order valence-electron chi connectivity index (χ2n) is 3.88. The van der Waals surface area contributed by atoms with E-state index >= 15 is 0 Å². The summed E-state index contributed by atoms with van der Waals surface area (Å²) in [5, 5.41) is 2.65. The number of benzene rings is 1. The third kappa shape index (κ3) is 2.45. The number of rotatable bonds is 2. The molecule has 0 unspecified atom stereocenters. The van der Waals surface area contributed by atoms with Crippen LogP contribution in [0.15, 0.2) is 36.7 Å². The van der Waals surface area contributed by atoms with Crippen molar-refractivity contribution < 1.29 is 9.18 Å². The van der Waals surface area contributed by atoms with Crippen LogP contribution in [-0.2, 0) is 0 Å². The number of aromatic nitrogens is 1. The maximum Gasteiger partial charge on any atom is 0.257 e. The molecular formula is C13H12FN3O. The van der Waals surface area contributed by atoms with Crippen LogP contribution in [0.2, 0.25) is 0 Å². The van der Waals surface area contributed by atoms with E-state index in [9.17, 15) is 9.18 Å². The van der Waals surface area contributed by atoms with E-state index in [4.69, 9.17) is 5.73 Å². The topological polar surface area (TPSA) is 68.0 Å². The summed E-state index contributed by atoms with van der Waals surface area (Å²) in [4.78, 5) is 15.7. The number of nitrogen functional groups attached to an aromatic ring is 1. The van der Waals surface area contributed by atoms with Crippen LogP contribution in [-0.4, -0.2) is 10.9 Å². The lowest BCUT2D eigenvalue weighted by molar-refractivity contribution is 0.102. The maximum atomic E-state index is 13.1. The molecular weight excluding hydrogens is 233 g/mol. The number of anilines is 2. The summed E-state index contributed by atoms with van der Waals surface area (Å²) in [6, 6.07) is 5.89. The average molecular weight is 245 g/mol. The van der Waals surface area contributed by atoms with Gasteiger partial charge in [-0.2, -0.15) is 0 Å². The van der Waals surface area contributed by atoms with Crippen molar-refractivity contribution in [1.29, 1.82) is 0 Å². The Kier molecular flexibility index (Phi) is 3.23. The molecule has 0 aliphatic rings. The Morgan fingerprint density at radius 1 is 1.39 bits per heavy atom. The number of carbonyl (C=O) groups excluding carboxylic acids is 1. The molecule has 92 valence electrons. The fourth-order valence-corrected chi connectivity index (χ4v) is 1.53. The first-order valence-electron chi connectivity index (χ1n) is 5.35. The number of amides is 1. The van der Waals surface area contributed by atoms with E-state index < -0.39 is 0 Å². The van der Waals surface area contributed by atoms with Gasteiger partial charge in [0.05, 0.1) is 17.4 Å². The number of nitrogens with two attached hydrogens (primary N) is 1. The summed E-state index contributed by atoms with van der Waals surface area (Å²) in [5.41, 5.74) is 7.28. The number of halogens is 1. The Bertz CT molecular complexity index is 599. The van der Waals surface area contributed by atoms with E-state index in [0.29, 0.717) is 22.5 Å². The molecule has 1 heterocycles. The van der Waals surface area contributed by atoms with Gasteiger partial charge < -0.3 is 11.1 Å². The molecule has 1 amide bonds. The molecule has 0 aliphatic carbocycles. The highest BCUT2D eigenvalue weighted by molar-refractivity contribution is 6.07. The van der Waals surface area contributed by atoms with Gasteiger partial charge in [0.2, 0.25) is 0 Å². The van der Waals surface area contributed by atoms with Gasteiger partial charge in [-0.3, -0.25) is 9.78 Å². The number of carbonyl (C=O) groups is 1. The minimum atomic E-state index is -0.346. The van der Waals surface area contributed by atoms with Gasteiger partial charge >= 0.3 is 0 Å². The van der Waals surface area contributed by atoms with Crippen molar-refractivity contribution in [3.05, 3.63) is 53.6 Å². The van der Waals surface area contributed by atoms with Crippen molar-refractivity contribution in [1.82, 2.24) is 4.98 Å². The van der Waals surface area contributed by atoms with Crippen LogP contribution in [0.1, 0.15) is 15.9 Å². The van der Waals surface area contributed by atoms with Crippen LogP contribution in [0.4, 0.5) is 15.8 Å². The Balaban J connectivity index is 2.22. The summed E-state index contributed by atoms with van der Waals surface area (Å²) in [5.74, 6) is -0.655. The molecule has 5 heteroatoms. The van der Waals surface area contributed by atoms with Gasteiger partial charge in [-0.05, 0) is 36.8 Å². The Labute approximate surface area is 104 Å². The van der Waals surface area contributed by atoms with Gasteiger partial charge in [0.25, 0.3) is 5.91 Å². The molecule has 2 rings (SSSR count). The van der Waals surface area contributed by atoms with E-state index in [1.54, 1.807) is 13.0 Å². The molecule has 0 bridgehead atoms. The SMILES string of the molecule is Cc1cc(NC(=O)c2ccncc2N)ccc1F. The number of hydrogen-bond donors (Lipinski definition) is 2. The lowest BCUT2D eigenvalue weighted by Gasteiger charge is -2.08. The average Bonchev–Trinajstić information content (AvgIpc) is 2.34. The first-order chi connectivity index (χ1) is 8.58. The van der Waals surface area contributed by atoms with Gasteiger partial charge in [0, 0.05) is 11.9 Å². The lowest BCUT2D eigenvalue weighted by Crippen LogP contribution is -2.14. The fourth-order valence-electron chi connectivity index (χ4n) is 1.53. The molecule has 0 aliphatic heterocycles. The highest BCUT2D eigenvalue weighted by Crippen LogP contribution is 2.16. The lowest BCUT2D eigenvalue weighted by atomic mass is 10.2. The van der Waals surface area contributed by atoms with Crippen molar-refractivity contribution >= 4 is 17.3 Å². The smallest absolute Gasteiger partial charge is 0.257 e. The third-order valence-corrected chi connectivity index (χ3v) is 2.51. The zero-order valence-corrected chi connectivity index (χ0v) is 9.77. The standard InChI is InChI=1S/C13H12FN3O/c1-8-6-9(2-3-11(8)14)17-13(18)10-4-5-16-7-12(10)15/h2-7H,15H2,1H3,(H,17,18). The molecule has 2 aromatic rings. The van der Waals surface area contributed by atoms with E-state index in [2.05, 4.69) is 10.3 Å². The van der Waals surface area contributed by atoms with E-state index in [-0.39, 0.29) is 11.7 Å². The molecule has 0 spiro atoms. The molecule has 4 nitrogen and oxygen atoms in total. The zero-order chi connectivity index (χ0) is 13.1. The highest BCUT2D eigenvalue weighted by atomic mass is 19.1. The van der Waals surface area contributed by atoms with Crippen molar-refractivity contribution in [2.24, 2.45) is 0 Å². The second kappa shape index (κ2) is 4.83. The van der Waals surface area contributed by atoms with Crippen molar-refractivity contribution in [3.8, 4) is 0 Å². The molecule has 1 aromatic carbocycles. The largest absolute Gasteiger partial charge is 0.397 e. The maximum absolute atomic E-state index is 13.1. The minimum absolute atomic E-state index is 0.300. The van der Waals surface area contributed by atoms with Crippen LogP contribution in [0.3, 0.4) is 0 Å². The third-order valence-electron chi connectivity index (χ3n) is 2.51. The van der Waals surface area contributed by atoms with Gasteiger partial charge in [-0.1, -0.05) is 0 Å². The van der Waals surface area contributed by atoms with Crippen molar-refractivity contribution in [3.63, 3.8) is 0 Å². The molecule has 1 aromatic heterocycles. The summed E-state index contributed by atoms with van der Waals surface area (Å²) >= 11 is 0. The van der Waals surface area contributed by atoms with Crippen LogP contribution in [0.5, 0.6) is 0 Å². The number of pyridine rings is 1. The molecule has 0 atom stereocenters. The number of nitrogens with one attached hydrogen (secondary N) is 1. The zero-order valence-electron chi connectivity index (χ0n) is 9.77. The molecule has 0 saturated carbocycles. The predicted octanol–water partition coefficient (Wildman–Crippen LogP) is 2.36. The number of hydrogen-bond acceptors (Lipinski definition) is 3. The first kappa shape index (κ1) is 12.0. The minimum Gasteiger partial charge on any atom is -0.397 e. The Morgan fingerprint density at radius 3 is 2.83 bits per heavy atom. The quantitative estimate of drug-likeness (QED) is 0.853. The van der Waals surface area contributed by atoms with Gasteiger partial charge in [0.15, 0.2) is 0 Å². The normalized spacial score (nSPS) is 10.1. The monoisotopic (exact) mass is 245 g/mol. The molecule has 3 N–H and O–H groups in total. The highest BCUT2D eigenvalue weighted by Gasteiger charge is 2.10. The Morgan fingerprint density at radius 2 is 2.17 bits per heavy atom. The van der Waals surface area contributed by atoms with Gasteiger partial charge in [-0.25, -0.2) is 4.39 Å². The predicted molar refractivity (Wildman–Crippen MR) is 67.7 cm³/mol. The summed E-state index contributed by atoms with van der Waals surface area (Å²) < 4.78 is 13.1. The number of aryl methyl sites for hydroxylation is 1. The summed E-state index contributed by atoms with van der Waals surface area (Å²) in [6.07, 6.45) is 2.89. The Hall–Kier alpha value is -2.43. The molecule has 0 radical (unpaired) electrons. The molecule has 0 saturated heterocycles. The van der Waals surface area contributed by atoms with Crippen LogP contribution in [0, 0.1) is 12.7 Å². The van der Waals surface area contributed by atoms with E-state index in [1.165, 1.54) is 30.6 Å². The van der Waals surface area contributed by atoms with Crippen LogP contribution >= 0.6 is 0 Å². The van der Waals surface area contributed by atoms with Crippen molar-refractivity contribution in [2.45, 2.75) is 6.92 Å². The molecule has 18 heavy (non-hydrogen) atoms. The first-order valence-corrected chi connectivity index (χ1v) is 5.35. The summed E-state index contributed by atoms with van der Waals surface area (Å²) in [6.45, 7) is 1.63. The summed E-state index contributed by atoms with van der Waals surface area (Å²) in [7, 11) is 0. The molecule has 0 fully saturated rings. The van der Waals surface area contributed by atoms with Gasteiger partial charge in [0.1, 0.15) is 5.82 Å². The van der Waals surface area contributed by atoms with E-state index in [1.807, 2.05) is 0 Å². The second-order valence-corrected chi connectivity index (χ2v) is 3.88. The van der Waals surface area contributed by atoms with Crippen molar-refractivity contribution in [2.75, 3.05) is 11.1 Å². The fraction of sp³-hybridized carbons (Fsp3) is 0.0769. The number of nitrogens with zero attached hydrogens (tertiary/aromatic N) is 1. The van der Waals surface area contributed by atoms with Crippen LogP contribution < -0.4 is 11.1 Å².